The van der Waals surface area contributed by atoms with E-state index in [2.05, 4.69) is 39.8 Å². The van der Waals surface area contributed by atoms with Crippen molar-refractivity contribution in [3.8, 4) is 5.75 Å². The number of aryl methyl sites for hydroxylation is 2. The van der Waals surface area contributed by atoms with Crippen molar-refractivity contribution in [1.29, 1.82) is 0 Å². The van der Waals surface area contributed by atoms with Crippen LogP contribution < -0.4 is 10.5 Å². The van der Waals surface area contributed by atoms with Gasteiger partial charge in [-0.25, -0.2) is 0 Å². The van der Waals surface area contributed by atoms with Crippen LogP contribution in [-0.4, -0.2) is 12.6 Å². The van der Waals surface area contributed by atoms with Crippen molar-refractivity contribution in [1.82, 2.24) is 0 Å². The standard InChI is InChI=1S/C14H23NO/c1-5-13(8-9-15)16-14-11(3)7-6-10(2)12(14)4/h6-7,13H,5,8-9,15H2,1-4H3. The lowest BCUT2D eigenvalue weighted by Crippen LogP contribution is -2.20. The van der Waals surface area contributed by atoms with Crippen molar-refractivity contribution >= 4 is 0 Å². The number of hydrogen-bond donors (Lipinski definition) is 1. The van der Waals surface area contributed by atoms with E-state index in [1.54, 1.807) is 0 Å². The first-order valence-electron chi connectivity index (χ1n) is 6.03. The molecule has 1 rings (SSSR count). The predicted molar refractivity (Wildman–Crippen MR) is 69.0 cm³/mol. The maximum absolute atomic E-state index is 6.07. The molecule has 0 amide bonds. The topological polar surface area (TPSA) is 35.2 Å². The fourth-order valence-electron chi connectivity index (χ4n) is 1.81. The summed E-state index contributed by atoms with van der Waals surface area (Å²) in [6.07, 6.45) is 2.16. The summed E-state index contributed by atoms with van der Waals surface area (Å²) in [5.41, 5.74) is 9.32. The Morgan fingerprint density at radius 1 is 1.19 bits per heavy atom. The van der Waals surface area contributed by atoms with Gasteiger partial charge in [0.25, 0.3) is 0 Å². The quantitative estimate of drug-likeness (QED) is 0.829. The SMILES string of the molecule is CCC(CCN)Oc1c(C)ccc(C)c1C. The predicted octanol–water partition coefficient (Wildman–Crippen LogP) is 3.12. The van der Waals surface area contributed by atoms with Gasteiger partial charge in [-0.05, 0) is 56.8 Å². The minimum Gasteiger partial charge on any atom is -0.490 e. The van der Waals surface area contributed by atoms with Gasteiger partial charge in [-0.2, -0.15) is 0 Å². The average molecular weight is 221 g/mol. The maximum Gasteiger partial charge on any atom is 0.125 e. The molecule has 0 aliphatic carbocycles. The molecule has 16 heavy (non-hydrogen) atoms. The Balaban J connectivity index is 2.90. The molecule has 0 aliphatic heterocycles. The Labute approximate surface area is 98.8 Å². The molecule has 2 nitrogen and oxygen atoms in total. The van der Waals surface area contributed by atoms with Crippen LogP contribution in [0.1, 0.15) is 36.5 Å². The van der Waals surface area contributed by atoms with E-state index in [0.717, 1.165) is 18.6 Å². The molecule has 0 radical (unpaired) electrons. The molecule has 0 saturated heterocycles. The van der Waals surface area contributed by atoms with Crippen LogP contribution in [-0.2, 0) is 0 Å². The number of nitrogens with two attached hydrogens (primary N) is 1. The van der Waals surface area contributed by atoms with Crippen LogP contribution in [0.2, 0.25) is 0 Å². The highest BCUT2D eigenvalue weighted by molar-refractivity contribution is 5.44. The summed E-state index contributed by atoms with van der Waals surface area (Å²) in [7, 11) is 0. The van der Waals surface area contributed by atoms with E-state index in [4.69, 9.17) is 10.5 Å². The molecule has 1 atom stereocenters. The van der Waals surface area contributed by atoms with Gasteiger partial charge in [0.2, 0.25) is 0 Å². The highest BCUT2D eigenvalue weighted by Gasteiger charge is 2.12. The van der Waals surface area contributed by atoms with Gasteiger partial charge >= 0.3 is 0 Å². The van der Waals surface area contributed by atoms with Gasteiger partial charge in [0.15, 0.2) is 0 Å². The van der Waals surface area contributed by atoms with Crippen molar-refractivity contribution in [3.63, 3.8) is 0 Å². The normalized spacial score (nSPS) is 12.6. The fourth-order valence-corrected chi connectivity index (χ4v) is 1.81. The van der Waals surface area contributed by atoms with Gasteiger partial charge in [-0.15, -0.1) is 0 Å². The molecule has 0 aromatic heterocycles. The minimum absolute atomic E-state index is 0.240. The van der Waals surface area contributed by atoms with Gasteiger partial charge in [0, 0.05) is 0 Å². The molecule has 0 fully saturated rings. The Morgan fingerprint density at radius 2 is 1.81 bits per heavy atom. The molecule has 0 saturated carbocycles. The Bertz CT molecular complexity index is 347. The molecule has 0 aliphatic rings. The zero-order valence-corrected chi connectivity index (χ0v) is 10.8. The molecule has 0 bridgehead atoms. The highest BCUT2D eigenvalue weighted by Crippen LogP contribution is 2.27. The lowest BCUT2D eigenvalue weighted by Gasteiger charge is -2.21. The van der Waals surface area contributed by atoms with E-state index in [0.29, 0.717) is 6.54 Å². The van der Waals surface area contributed by atoms with Crippen LogP contribution in [0, 0.1) is 20.8 Å². The van der Waals surface area contributed by atoms with Gasteiger partial charge in [-0.3, -0.25) is 0 Å². The fraction of sp³-hybridized carbons (Fsp3) is 0.571. The Kier molecular flexibility index (Phi) is 4.81. The monoisotopic (exact) mass is 221 g/mol. The molecule has 90 valence electrons. The molecule has 1 aromatic rings. The lowest BCUT2D eigenvalue weighted by atomic mass is 10.0. The van der Waals surface area contributed by atoms with Gasteiger partial charge in [-0.1, -0.05) is 19.1 Å². The molecule has 1 aromatic carbocycles. The van der Waals surface area contributed by atoms with Crippen LogP contribution in [0.5, 0.6) is 5.75 Å². The van der Waals surface area contributed by atoms with E-state index in [1.165, 1.54) is 16.7 Å². The molecule has 2 N–H and O–H groups in total. The molecule has 1 unspecified atom stereocenters. The van der Waals surface area contributed by atoms with Crippen LogP contribution in [0.15, 0.2) is 12.1 Å². The first kappa shape index (κ1) is 13.0. The smallest absolute Gasteiger partial charge is 0.125 e. The van der Waals surface area contributed by atoms with Crippen molar-refractivity contribution in [3.05, 3.63) is 28.8 Å². The van der Waals surface area contributed by atoms with E-state index in [-0.39, 0.29) is 6.10 Å². The Morgan fingerprint density at radius 3 is 2.38 bits per heavy atom. The third kappa shape index (κ3) is 2.99. The third-order valence-corrected chi connectivity index (χ3v) is 3.10. The second-order valence-electron chi connectivity index (χ2n) is 4.38. The number of ether oxygens (including phenoxy) is 1. The molecule has 2 heteroatoms. The summed E-state index contributed by atoms with van der Waals surface area (Å²) in [6.45, 7) is 9.15. The summed E-state index contributed by atoms with van der Waals surface area (Å²) in [6, 6.07) is 4.26. The average Bonchev–Trinajstić information content (AvgIpc) is 2.28. The van der Waals surface area contributed by atoms with Crippen LogP contribution in [0.3, 0.4) is 0 Å². The van der Waals surface area contributed by atoms with Crippen LogP contribution in [0.25, 0.3) is 0 Å². The summed E-state index contributed by atoms with van der Waals surface area (Å²) in [4.78, 5) is 0. The van der Waals surface area contributed by atoms with Crippen molar-refractivity contribution in [2.45, 2.75) is 46.6 Å². The largest absolute Gasteiger partial charge is 0.490 e. The first-order valence-corrected chi connectivity index (χ1v) is 6.03. The van der Waals surface area contributed by atoms with Crippen LogP contribution in [0.4, 0.5) is 0 Å². The van der Waals surface area contributed by atoms with Gasteiger partial charge < -0.3 is 10.5 Å². The second-order valence-corrected chi connectivity index (χ2v) is 4.38. The zero-order valence-electron chi connectivity index (χ0n) is 10.8. The summed E-state index contributed by atoms with van der Waals surface area (Å²) >= 11 is 0. The van der Waals surface area contributed by atoms with E-state index in [9.17, 15) is 0 Å². The highest BCUT2D eigenvalue weighted by atomic mass is 16.5. The first-order chi connectivity index (χ1) is 7.60. The number of rotatable bonds is 5. The van der Waals surface area contributed by atoms with Crippen molar-refractivity contribution < 1.29 is 4.74 Å². The van der Waals surface area contributed by atoms with E-state index < -0.39 is 0 Å². The van der Waals surface area contributed by atoms with E-state index in [1.807, 2.05) is 0 Å². The van der Waals surface area contributed by atoms with Crippen LogP contribution >= 0.6 is 0 Å². The lowest BCUT2D eigenvalue weighted by molar-refractivity contribution is 0.187. The molecular weight excluding hydrogens is 198 g/mol. The van der Waals surface area contributed by atoms with Gasteiger partial charge in [0.1, 0.15) is 5.75 Å². The third-order valence-electron chi connectivity index (χ3n) is 3.10. The van der Waals surface area contributed by atoms with Crippen molar-refractivity contribution in [2.75, 3.05) is 6.54 Å². The van der Waals surface area contributed by atoms with Gasteiger partial charge in [0.05, 0.1) is 6.10 Å². The Hall–Kier alpha value is -1.02. The van der Waals surface area contributed by atoms with Crippen molar-refractivity contribution in [2.24, 2.45) is 5.73 Å². The molecule has 0 spiro atoms. The number of benzene rings is 1. The summed E-state index contributed by atoms with van der Waals surface area (Å²) < 4.78 is 6.07. The summed E-state index contributed by atoms with van der Waals surface area (Å²) in [5.74, 6) is 1.04. The minimum atomic E-state index is 0.240. The number of hydrogen-bond acceptors (Lipinski definition) is 2. The molecule has 0 heterocycles. The van der Waals surface area contributed by atoms with E-state index >= 15 is 0 Å². The zero-order chi connectivity index (χ0) is 12.1. The second kappa shape index (κ2) is 5.90. The maximum atomic E-state index is 6.07. The summed E-state index contributed by atoms with van der Waals surface area (Å²) in [5, 5.41) is 0. The molecular formula is C14H23NO.